The van der Waals surface area contributed by atoms with Crippen molar-refractivity contribution in [3.63, 3.8) is 0 Å². The minimum Gasteiger partial charge on any atom is -0.365 e. The third kappa shape index (κ3) is 5.34. The van der Waals surface area contributed by atoms with Crippen LogP contribution >= 0.6 is 23.6 Å². The molecule has 3 rings (SSSR count). The lowest BCUT2D eigenvalue weighted by Crippen LogP contribution is -2.33. The van der Waals surface area contributed by atoms with Gasteiger partial charge in [0.2, 0.25) is 5.91 Å². The highest BCUT2D eigenvalue weighted by Crippen LogP contribution is 2.39. The van der Waals surface area contributed by atoms with Crippen LogP contribution in [0.15, 0.2) is 30.3 Å². The number of thiophene rings is 1. The number of benzene rings is 1. The van der Waals surface area contributed by atoms with Crippen LogP contribution in [0.1, 0.15) is 65.0 Å². The van der Waals surface area contributed by atoms with Crippen molar-refractivity contribution in [1.82, 2.24) is 5.32 Å². The van der Waals surface area contributed by atoms with Gasteiger partial charge in [0.15, 0.2) is 5.11 Å². The zero-order valence-corrected chi connectivity index (χ0v) is 19.1. The molecule has 158 valence electrons. The van der Waals surface area contributed by atoms with Crippen molar-refractivity contribution in [1.29, 1.82) is 0 Å². The fraction of sp³-hybridized carbons (Fsp3) is 0.348. The maximum atomic E-state index is 12.2. The van der Waals surface area contributed by atoms with Crippen LogP contribution in [0.5, 0.6) is 0 Å². The van der Waals surface area contributed by atoms with Gasteiger partial charge in [0.05, 0.1) is 5.56 Å². The summed E-state index contributed by atoms with van der Waals surface area (Å²) >= 11 is 6.77. The summed E-state index contributed by atoms with van der Waals surface area (Å²) in [5.74, 6) is 0.238. The van der Waals surface area contributed by atoms with E-state index < -0.39 is 5.91 Å². The van der Waals surface area contributed by atoms with Crippen LogP contribution in [0, 0.1) is 5.92 Å². The minimum absolute atomic E-state index is 0.147. The Morgan fingerprint density at radius 1 is 1.27 bits per heavy atom. The molecule has 0 bridgehead atoms. The smallest absolute Gasteiger partial charge is 0.251 e. The summed E-state index contributed by atoms with van der Waals surface area (Å²) in [5, 5.41) is 6.39. The number of carbonyl (C=O) groups is 2. The predicted octanol–water partition coefficient (Wildman–Crippen LogP) is 4.62. The number of rotatable bonds is 5. The van der Waals surface area contributed by atoms with Gasteiger partial charge in [0.25, 0.3) is 5.91 Å². The molecule has 1 aliphatic rings. The van der Waals surface area contributed by atoms with E-state index in [1.165, 1.54) is 27.9 Å². The largest absolute Gasteiger partial charge is 0.365 e. The van der Waals surface area contributed by atoms with E-state index in [0.29, 0.717) is 22.4 Å². The van der Waals surface area contributed by atoms with Gasteiger partial charge in [0, 0.05) is 11.0 Å². The topological polar surface area (TPSA) is 84.2 Å². The lowest BCUT2D eigenvalue weighted by Gasteiger charge is -2.18. The van der Waals surface area contributed by atoms with Crippen LogP contribution in [0.2, 0.25) is 0 Å². The quantitative estimate of drug-likeness (QED) is 0.467. The van der Waals surface area contributed by atoms with Gasteiger partial charge in [-0.25, -0.2) is 0 Å². The zero-order chi connectivity index (χ0) is 21.8. The Balaban J connectivity index is 1.64. The third-order valence-electron chi connectivity index (χ3n) is 5.25. The summed E-state index contributed by atoms with van der Waals surface area (Å²) in [4.78, 5) is 25.4. The van der Waals surface area contributed by atoms with E-state index in [9.17, 15) is 9.59 Å². The first kappa shape index (κ1) is 22.2. The maximum Gasteiger partial charge on any atom is 0.251 e. The molecule has 0 unspecified atom stereocenters. The van der Waals surface area contributed by atoms with Crippen molar-refractivity contribution in [2.45, 2.75) is 46.0 Å². The van der Waals surface area contributed by atoms with Crippen molar-refractivity contribution in [2.75, 3.05) is 5.32 Å². The molecule has 0 spiro atoms. The molecule has 2 aromatic rings. The number of anilines is 1. The van der Waals surface area contributed by atoms with Crippen LogP contribution in [-0.4, -0.2) is 16.9 Å². The lowest BCUT2D eigenvalue weighted by molar-refractivity contribution is -0.115. The molecule has 5 nitrogen and oxygen atoms in total. The third-order valence-corrected chi connectivity index (χ3v) is 6.63. The fourth-order valence-electron chi connectivity index (χ4n) is 3.55. The Labute approximate surface area is 186 Å². The van der Waals surface area contributed by atoms with Gasteiger partial charge in [-0.2, -0.15) is 0 Å². The SMILES string of the molecule is CC(C)c1ccc(/C=C/C(=O)NC(=S)Nc2sc3c(c2C(N)=O)CC[C@@H](C)C3)cc1. The summed E-state index contributed by atoms with van der Waals surface area (Å²) in [5.41, 5.74) is 9.33. The molecule has 4 N–H and O–H groups in total. The number of amides is 2. The van der Waals surface area contributed by atoms with Gasteiger partial charge in [-0.3, -0.25) is 14.9 Å². The molecular formula is C23H27N3O2S2. The number of hydrogen-bond acceptors (Lipinski definition) is 4. The summed E-state index contributed by atoms with van der Waals surface area (Å²) in [7, 11) is 0. The number of hydrogen-bond donors (Lipinski definition) is 3. The molecule has 0 fully saturated rings. The molecule has 7 heteroatoms. The number of primary amides is 1. The lowest BCUT2D eigenvalue weighted by atomic mass is 9.88. The molecule has 0 aliphatic heterocycles. The van der Waals surface area contributed by atoms with E-state index in [-0.39, 0.29) is 11.0 Å². The minimum atomic E-state index is -0.469. The predicted molar refractivity (Wildman–Crippen MR) is 128 cm³/mol. The summed E-state index contributed by atoms with van der Waals surface area (Å²) in [6, 6.07) is 8.07. The zero-order valence-electron chi connectivity index (χ0n) is 17.5. The highest BCUT2D eigenvalue weighted by Gasteiger charge is 2.26. The summed E-state index contributed by atoms with van der Waals surface area (Å²) in [6.45, 7) is 6.48. The van der Waals surface area contributed by atoms with E-state index in [4.69, 9.17) is 18.0 Å². The number of carbonyl (C=O) groups excluding carboxylic acids is 2. The van der Waals surface area contributed by atoms with Crippen molar-refractivity contribution >= 4 is 51.6 Å². The molecule has 0 radical (unpaired) electrons. The van der Waals surface area contributed by atoms with Crippen LogP contribution < -0.4 is 16.4 Å². The molecule has 1 atom stereocenters. The maximum absolute atomic E-state index is 12.2. The molecular weight excluding hydrogens is 414 g/mol. The monoisotopic (exact) mass is 441 g/mol. The van der Waals surface area contributed by atoms with Crippen molar-refractivity contribution < 1.29 is 9.59 Å². The van der Waals surface area contributed by atoms with Gasteiger partial charge in [-0.1, -0.05) is 45.0 Å². The van der Waals surface area contributed by atoms with Crippen LogP contribution in [-0.2, 0) is 17.6 Å². The first-order valence-electron chi connectivity index (χ1n) is 10.1. The number of thiocarbonyl (C=S) groups is 1. The van der Waals surface area contributed by atoms with Crippen molar-refractivity contribution in [3.8, 4) is 0 Å². The molecule has 0 saturated carbocycles. The molecule has 1 aromatic carbocycles. The number of nitrogens with one attached hydrogen (secondary N) is 2. The Morgan fingerprint density at radius 2 is 1.97 bits per heavy atom. The molecule has 2 amide bonds. The highest BCUT2D eigenvalue weighted by atomic mass is 32.1. The van der Waals surface area contributed by atoms with E-state index in [0.717, 1.165) is 30.4 Å². The molecule has 1 heterocycles. The highest BCUT2D eigenvalue weighted by molar-refractivity contribution is 7.80. The first-order valence-corrected chi connectivity index (χ1v) is 11.3. The Kier molecular flexibility index (Phi) is 7.05. The van der Waals surface area contributed by atoms with Gasteiger partial charge in [-0.05, 0) is 66.1 Å². The Bertz CT molecular complexity index is 991. The average Bonchev–Trinajstić information content (AvgIpc) is 3.03. The number of fused-ring (bicyclic) bond motifs is 1. The Hall–Kier alpha value is -2.51. The van der Waals surface area contributed by atoms with Gasteiger partial charge < -0.3 is 11.1 Å². The first-order chi connectivity index (χ1) is 14.2. The Morgan fingerprint density at radius 3 is 2.60 bits per heavy atom. The van der Waals surface area contributed by atoms with E-state index in [2.05, 4.69) is 43.5 Å². The standard InChI is InChI=1S/C23H27N3O2S2/c1-13(2)16-8-5-15(6-9-16)7-11-19(27)25-23(29)26-22-20(21(24)28)17-10-4-14(3)12-18(17)30-22/h5-9,11,13-14H,4,10,12H2,1-3H3,(H2,24,28)(H2,25,26,27,29)/b11-7+/t14-/m1/s1. The van der Waals surface area contributed by atoms with Crippen LogP contribution in [0.4, 0.5) is 5.00 Å². The second kappa shape index (κ2) is 9.53. The van der Waals surface area contributed by atoms with Crippen LogP contribution in [0.3, 0.4) is 0 Å². The van der Waals surface area contributed by atoms with Crippen molar-refractivity contribution in [3.05, 3.63) is 57.5 Å². The average molecular weight is 442 g/mol. The van der Waals surface area contributed by atoms with Crippen LogP contribution in [0.25, 0.3) is 6.08 Å². The van der Waals surface area contributed by atoms with Gasteiger partial charge in [-0.15, -0.1) is 11.3 Å². The summed E-state index contributed by atoms with van der Waals surface area (Å²) < 4.78 is 0. The summed E-state index contributed by atoms with van der Waals surface area (Å²) in [6.07, 6.45) is 5.98. The normalized spacial score (nSPS) is 15.8. The molecule has 30 heavy (non-hydrogen) atoms. The number of nitrogens with two attached hydrogens (primary N) is 1. The molecule has 1 aromatic heterocycles. The van der Waals surface area contributed by atoms with E-state index >= 15 is 0 Å². The van der Waals surface area contributed by atoms with E-state index in [1.54, 1.807) is 6.08 Å². The molecule has 0 saturated heterocycles. The second-order valence-corrected chi connectivity index (χ2v) is 9.53. The van der Waals surface area contributed by atoms with Gasteiger partial charge >= 0.3 is 0 Å². The molecule has 1 aliphatic carbocycles. The second-order valence-electron chi connectivity index (χ2n) is 8.02. The fourth-order valence-corrected chi connectivity index (χ4v) is 5.24. The van der Waals surface area contributed by atoms with Crippen molar-refractivity contribution in [2.24, 2.45) is 11.7 Å². The van der Waals surface area contributed by atoms with Gasteiger partial charge in [0.1, 0.15) is 5.00 Å². The van der Waals surface area contributed by atoms with E-state index in [1.807, 2.05) is 12.1 Å².